The lowest BCUT2D eigenvalue weighted by Crippen LogP contribution is -2.14. The number of carboxylic acids is 1. The van der Waals surface area contributed by atoms with E-state index >= 15 is 0 Å². The molecule has 0 fully saturated rings. The second-order valence-corrected chi connectivity index (χ2v) is 7.48. The topological polar surface area (TPSA) is 91.3 Å². The number of carbonyl (C=O) groups is 2. The number of rotatable bonds is 9. The quantitative estimate of drug-likeness (QED) is 0.566. The third-order valence-electron chi connectivity index (χ3n) is 4.13. The molecule has 1 aromatic carbocycles. The lowest BCUT2D eigenvalue weighted by atomic mass is 10.1. The fourth-order valence-electron chi connectivity index (χ4n) is 2.48. The number of anilines is 2. The minimum absolute atomic E-state index is 0.165. The Balaban J connectivity index is 1.91. The number of carboxylic acid groups (broad SMARTS) is 1. The number of aryl methyl sites for hydroxylation is 3. The van der Waals surface area contributed by atoms with Crippen molar-refractivity contribution in [3.63, 3.8) is 0 Å². The molecule has 1 amide bonds. The maximum absolute atomic E-state index is 12.6. The molecule has 0 unspecified atom stereocenters. The molecule has 0 spiro atoms. The number of nitrogens with one attached hydrogen (secondary N) is 2. The standard InChI is InChI=1S/C19H25N3O3S/c1-12-8-9-15(20-10-6-4-5-7-17(23)24)11-16(12)18(25)22-19-21-13(2)14(3)26-19/h8-9,11,20H,4-7,10H2,1-3H3,(H,23,24)(H,21,22,25). The number of hydrogen-bond donors (Lipinski definition) is 3. The van der Waals surface area contributed by atoms with Gasteiger partial charge in [0.25, 0.3) is 5.91 Å². The van der Waals surface area contributed by atoms with Gasteiger partial charge >= 0.3 is 5.97 Å². The first-order valence-corrected chi connectivity index (χ1v) is 9.50. The van der Waals surface area contributed by atoms with Gasteiger partial charge in [-0.2, -0.15) is 0 Å². The lowest BCUT2D eigenvalue weighted by molar-refractivity contribution is -0.137. The normalized spacial score (nSPS) is 10.6. The van der Waals surface area contributed by atoms with E-state index in [-0.39, 0.29) is 12.3 Å². The molecule has 0 aliphatic heterocycles. The van der Waals surface area contributed by atoms with E-state index in [1.54, 1.807) is 0 Å². The van der Waals surface area contributed by atoms with Crippen LogP contribution in [0.4, 0.5) is 10.8 Å². The number of carbonyl (C=O) groups excluding carboxylic acids is 1. The summed E-state index contributed by atoms with van der Waals surface area (Å²) < 4.78 is 0. The van der Waals surface area contributed by atoms with Gasteiger partial charge in [0.2, 0.25) is 0 Å². The van der Waals surface area contributed by atoms with Crippen LogP contribution in [-0.4, -0.2) is 28.5 Å². The SMILES string of the molecule is Cc1ccc(NCCCCCC(=O)O)cc1C(=O)Nc1nc(C)c(C)s1. The number of thiazole rings is 1. The Morgan fingerprint density at radius 1 is 1.15 bits per heavy atom. The van der Waals surface area contributed by atoms with E-state index < -0.39 is 5.97 Å². The van der Waals surface area contributed by atoms with Crippen LogP contribution in [0.1, 0.15) is 52.2 Å². The van der Waals surface area contributed by atoms with Gasteiger partial charge in [0.05, 0.1) is 5.69 Å². The van der Waals surface area contributed by atoms with E-state index in [9.17, 15) is 9.59 Å². The molecule has 0 saturated heterocycles. The minimum atomic E-state index is -0.752. The molecule has 1 heterocycles. The van der Waals surface area contributed by atoms with Gasteiger partial charge < -0.3 is 10.4 Å². The summed E-state index contributed by atoms with van der Waals surface area (Å²) in [6, 6.07) is 5.70. The second kappa shape index (κ2) is 9.33. The van der Waals surface area contributed by atoms with Gasteiger partial charge in [-0.25, -0.2) is 4.98 Å². The highest BCUT2D eigenvalue weighted by atomic mass is 32.1. The van der Waals surface area contributed by atoms with Crippen LogP contribution in [0, 0.1) is 20.8 Å². The van der Waals surface area contributed by atoms with Gasteiger partial charge in [0.15, 0.2) is 5.13 Å². The van der Waals surface area contributed by atoms with Crippen molar-refractivity contribution in [1.29, 1.82) is 0 Å². The number of nitrogens with zero attached hydrogens (tertiary/aromatic N) is 1. The highest BCUT2D eigenvalue weighted by Gasteiger charge is 2.13. The minimum Gasteiger partial charge on any atom is -0.481 e. The molecule has 3 N–H and O–H groups in total. The van der Waals surface area contributed by atoms with Crippen LogP contribution < -0.4 is 10.6 Å². The molecule has 0 bridgehead atoms. The fraction of sp³-hybridized carbons (Fsp3) is 0.421. The number of aliphatic carboxylic acids is 1. The first-order valence-electron chi connectivity index (χ1n) is 8.68. The smallest absolute Gasteiger partial charge is 0.303 e. The Labute approximate surface area is 157 Å². The van der Waals surface area contributed by atoms with E-state index in [1.807, 2.05) is 39.0 Å². The van der Waals surface area contributed by atoms with E-state index in [0.29, 0.717) is 17.1 Å². The molecule has 0 saturated carbocycles. The summed E-state index contributed by atoms with van der Waals surface area (Å²) in [4.78, 5) is 28.5. The highest BCUT2D eigenvalue weighted by Crippen LogP contribution is 2.23. The number of benzene rings is 1. The summed E-state index contributed by atoms with van der Waals surface area (Å²) >= 11 is 1.47. The first kappa shape index (κ1) is 19.9. The molecule has 2 rings (SSSR count). The van der Waals surface area contributed by atoms with E-state index in [0.717, 1.165) is 41.2 Å². The van der Waals surface area contributed by atoms with Crippen molar-refractivity contribution in [2.75, 3.05) is 17.2 Å². The van der Waals surface area contributed by atoms with Crippen molar-refractivity contribution in [1.82, 2.24) is 4.98 Å². The average Bonchev–Trinajstić information content (AvgIpc) is 2.89. The largest absolute Gasteiger partial charge is 0.481 e. The first-order chi connectivity index (χ1) is 12.4. The van der Waals surface area contributed by atoms with Crippen molar-refractivity contribution >= 4 is 34.0 Å². The molecular formula is C19H25N3O3S. The Kier molecular flexibility index (Phi) is 7.15. The van der Waals surface area contributed by atoms with Crippen LogP contribution in [0.3, 0.4) is 0 Å². The number of hydrogen-bond acceptors (Lipinski definition) is 5. The maximum atomic E-state index is 12.6. The molecule has 26 heavy (non-hydrogen) atoms. The maximum Gasteiger partial charge on any atom is 0.303 e. The van der Waals surface area contributed by atoms with Gasteiger partial charge in [-0.05, 0) is 51.3 Å². The van der Waals surface area contributed by atoms with Crippen LogP contribution in [0.5, 0.6) is 0 Å². The predicted molar refractivity (Wildman–Crippen MR) is 105 cm³/mol. The van der Waals surface area contributed by atoms with Crippen molar-refractivity contribution < 1.29 is 14.7 Å². The zero-order chi connectivity index (χ0) is 19.1. The van der Waals surface area contributed by atoms with Gasteiger partial charge in [-0.1, -0.05) is 12.5 Å². The summed E-state index contributed by atoms with van der Waals surface area (Å²) in [6.45, 7) is 6.56. The van der Waals surface area contributed by atoms with Gasteiger partial charge in [0.1, 0.15) is 0 Å². The van der Waals surface area contributed by atoms with Crippen LogP contribution in [0.2, 0.25) is 0 Å². The van der Waals surface area contributed by atoms with Crippen molar-refractivity contribution in [2.45, 2.75) is 46.5 Å². The monoisotopic (exact) mass is 375 g/mol. The van der Waals surface area contributed by atoms with Gasteiger partial charge in [-0.15, -0.1) is 11.3 Å². The predicted octanol–water partition coefficient (Wildman–Crippen LogP) is 4.38. The van der Waals surface area contributed by atoms with Crippen LogP contribution in [-0.2, 0) is 4.79 Å². The molecule has 6 nitrogen and oxygen atoms in total. The molecule has 2 aromatic rings. The van der Waals surface area contributed by atoms with Gasteiger partial charge in [-0.3, -0.25) is 14.9 Å². The van der Waals surface area contributed by atoms with E-state index in [1.165, 1.54) is 11.3 Å². The summed E-state index contributed by atoms with van der Waals surface area (Å²) in [6.07, 6.45) is 2.65. The molecule has 7 heteroatoms. The summed E-state index contributed by atoms with van der Waals surface area (Å²) in [7, 11) is 0. The molecule has 0 atom stereocenters. The highest BCUT2D eigenvalue weighted by molar-refractivity contribution is 7.15. The Bertz CT molecular complexity index is 767. The van der Waals surface area contributed by atoms with Crippen molar-refractivity contribution in [3.8, 4) is 0 Å². The molecule has 140 valence electrons. The lowest BCUT2D eigenvalue weighted by Gasteiger charge is -2.10. The number of aromatic nitrogens is 1. The zero-order valence-electron chi connectivity index (χ0n) is 15.4. The zero-order valence-corrected chi connectivity index (χ0v) is 16.2. The Morgan fingerprint density at radius 3 is 2.58 bits per heavy atom. The molecular weight excluding hydrogens is 350 g/mol. The van der Waals surface area contributed by atoms with Crippen LogP contribution >= 0.6 is 11.3 Å². The third-order valence-corrected chi connectivity index (χ3v) is 5.12. The van der Waals surface area contributed by atoms with Crippen LogP contribution in [0.25, 0.3) is 0 Å². The van der Waals surface area contributed by atoms with Crippen molar-refractivity contribution in [3.05, 3.63) is 39.9 Å². The Morgan fingerprint density at radius 2 is 1.92 bits per heavy atom. The summed E-state index contributed by atoms with van der Waals surface area (Å²) in [5.74, 6) is -0.917. The second-order valence-electron chi connectivity index (χ2n) is 6.28. The van der Waals surface area contributed by atoms with Gasteiger partial charge in [0, 0.05) is 29.1 Å². The van der Waals surface area contributed by atoms with Crippen LogP contribution in [0.15, 0.2) is 18.2 Å². The van der Waals surface area contributed by atoms with E-state index in [4.69, 9.17) is 5.11 Å². The summed E-state index contributed by atoms with van der Waals surface area (Å²) in [5, 5.41) is 15.4. The molecule has 0 radical (unpaired) electrons. The van der Waals surface area contributed by atoms with E-state index in [2.05, 4.69) is 15.6 Å². The van der Waals surface area contributed by atoms with Crippen molar-refractivity contribution in [2.24, 2.45) is 0 Å². The molecule has 0 aliphatic rings. The Hall–Kier alpha value is -2.41. The average molecular weight is 375 g/mol. The fourth-order valence-corrected chi connectivity index (χ4v) is 3.29. The molecule has 0 aliphatic carbocycles. The molecule has 1 aromatic heterocycles. The third kappa shape index (κ3) is 5.84. The summed E-state index contributed by atoms with van der Waals surface area (Å²) in [5.41, 5.74) is 3.33. The number of unbranched alkanes of at least 4 members (excludes halogenated alkanes) is 2. The number of amides is 1.